The number of aliphatic hydroxyl groups is 1. The van der Waals surface area contributed by atoms with Gasteiger partial charge in [-0.1, -0.05) is 6.08 Å². The molecule has 3 rings (SSSR count). The molecular formula is C25H29F2N3O3. The predicted molar refractivity (Wildman–Crippen MR) is 123 cm³/mol. The van der Waals surface area contributed by atoms with Crippen LogP contribution in [0.1, 0.15) is 18.2 Å². The first-order valence-corrected chi connectivity index (χ1v) is 10.6. The SMILES string of the molecule is C=CC(C)(O)CN(CCOC)Cc1c(C)nn(-c2ccc(F)cc2)c1Oc1ccc(F)cc1. The first kappa shape index (κ1) is 24.6. The normalized spacial score (nSPS) is 13.2. The summed E-state index contributed by atoms with van der Waals surface area (Å²) in [5.41, 5.74) is 0.994. The van der Waals surface area contributed by atoms with Crippen LogP contribution in [0.4, 0.5) is 8.78 Å². The van der Waals surface area contributed by atoms with Crippen LogP contribution in [0.15, 0.2) is 61.2 Å². The van der Waals surface area contributed by atoms with Crippen molar-refractivity contribution < 1.29 is 23.4 Å². The van der Waals surface area contributed by atoms with E-state index in [2.05, 4.69) is 11.7 Å². The molecule has 0 saturated heterocycles. The lowest BCUT2D eigenvalue weighted by molar-refractivity contribution is 0.0462. The highest BCUT2D eigenvalue weighted by molar-refractivity contribution is 5.43. The van der Waals surface area contributed by atoms with E-state index in [1.165, 1.54) is 42.5 Å². The van der Waals surface area contributed by atoms with Gasteiger partial charge in [0.25, 0.3) is 0 Å². The van der Waals surface area contributed by atoms with Gasteiger partial charge in [0.1, 0.15) is 17.4 Å². The van der Waals surface area contributed by atoms with E-state index in [0.717, 1.165) is 5.56 Å². The highest BCUT2D eigenvalue weighted by Crippen LogP contribution is 2.32. The number of aromatic nitrogens is 2. The van der Waals surface area contributed by atoms with E-state index in [1.54, 1.807) is 30.8 Å². The van der Waals surface area contributed by atoms with Crippen LogP contribution in [0.25, 0.3) is 5.69 Å². The van der Waals surface area contributed by atoms with Crippen molar-refractivity contribution in [3.63, 3.8) is 0 Å². The van der Waals surface area contributed by atoms with Gasteiger partial charge >= 0.3 is 0 Å². The molecule has 33 heavy (non-hydrogen) atoms. The molecule has 0 radical (unpaired) electrons. The monoisotopic (exact) mass is 457 g/mol. The largest absolute Gasteiger partial charge is 0.439 e. The van der Waals surface area contributed by atoms with Crippen molar-refractivity contribution in [3.05, 3.63) is 84.1 Å². The molecule has 8 heteroatoms. The number of halogens is 2. The Hall–Kier alpha value is -3.07. The lowest BCUT2D eigenvalue weighted by atomic mass is 10.1. The molecular weight excluding hydrogens is 428 g/mol. The van der Waals surface area contributed by atoms with Crippen LogP contribution in [-0.2, 0) is 11.3 Å². The minimum atomic E-state index is -1.10. The van der Waals surface area contributed by atoms with Crippen LogP contribution in [0.2, 0.25) is 0 Å². The number of ether oxygens (including phenoxy) is 2. The van der Waals surface area contributed by atoms with Crippen molar-refractivity contribution in [1.29, 1.82) is 0 Å². The number of aryl methyl sites for hydroxylation is 1. The molecule has 1 N–H and O–H groups in total. The van der Waals surface area contributed by atoms with E-state index >= 15 is 0 Å². The third-order valence-electron chi connectivity index (χ3n) is 5.21. The zero-order chi connectivity index (χ0) is 24.0. The zero-order valence-corrected chi connectivity index (χ0v) is 19.1. The summed E-state index contributed by atoms with van der Waals surface area (Å²) in [7, 11) is 1.62. The van der Waals surface area contributed by atoms with Gasteiger partial charge in [0.2, 0.25) is 5.88 Å². The molecule has 0 saturated carbocycles. The fourth-order valence-corrected chi connectivity index (χ4v) is 3.37. The number of rotatable bonds is 11. The van der Waals surface area contributed by atoms with Crippen LogP contribution in [0, 0.1) is 18.6 Å². The smallest absolute Gasteiger partial charge is 0.227 e. The Morgan fingerprint density at radius 1 is 1.12 bits per heavy atom. The van der Waals surface area contributed by atoms with Crippen molar-refractivity contribution in [2.45, 2.75) is 26.0 Å². The third kappa shape index (κ3) is 6.47. The fraction of sp³-hybridized carbons (Fsp3) is 0.320. The van der Waals surface area contributed by atoms with Crippen molar-refractivity contribution in [3.8, 4) is 17.3 Å². The van der Waals surface area contributed by atoms with Gasteiger partial charge in [0.15, 0.2) is 0 Å². The molecule has 0 aliphatic carbocycles. The van der Waals surface area contributed by atoms with Gasteiger partial charge in [-0.05, 0) is 62.4 Å². The Morgan fingerprint density at radius 2 is 1.73 bits per heavy atom. The summed E-state index contributed by atoms with van der Waals surface area (Å²) in [6.45, 7) is 8.98. The van der Waals surface area contributed by atoms with Crippen molar-refractivity contribution >= 4 is 0 Å². The standard InChI is InChI=1S/C25H29F2N3O3/c1-5-25(3,31)17-29(14-15-32-4)16-23-18(2)28-30(21-10-6-19(26)7-11-21)24(23)33-22-12-8-20(27)9-13-22/h5-13,31H,1,14-17H2,2-4H3. The molecule has 0 amide bonds. The van der Waals surface area contributed by atoms with E-state index in [9.17, 15) is 13.9 Å². The average Bonchev–Trinajstić information content (AvgIpc) is 3.09. The highest BCUT2D eigenvalue weighted by atomic mass is 19.1. The van der Waals surface area contributed by atoms with Crippen molar-refractivity contribution in [2.24, 2.45) is 0 Å². The molecule has 0 fully saturated rings. The number of hydrogen-bond acceptors (Lipinski definition) is 5. The molecule has 1 atom stereocenters. The molecule has 2 aromatic carbocycles. The number of hydrogen-bond donors (Lipinski definition) is 1. The summed E-state index contributed by atoms with van der Waals surface area (Å²) in [5, 5.41) is 15.2. The van der Waals surface area contributed by atoms with Crippen molar-refractivity contribution in [2.75, 3.05) is 26.8 Å². The summed E-state index contributed by atoms with van der Waals surface area (Å²) in [5.74, 6) is 0.123. The minimum absolute atomic E-state index is 0.316. The zero-order valence-electron chi connectivity index (χ0n) is 19.1. The maximum atomic E-state index is 13.5. The van der Waals surface area contributed by atoms with Gasteiger partial charge in [0, 0.05) is 26.7 Å². The maximum absolute atomic E-state index is 13.5. The third-order valence-corrected chi connectivity index (χ3v) is 5.21. The fourth-order valence-electron chi connectivity index (χ4n) is 3.37. The predicted octanol–water partition coefficient (Wildman–Crippen LogP) is 4.64. The summed E-state index contributed by atoms with van der Waals surface area (Å²) in [6.07, 6.45) is 1.50. The molecule has 0 bridgehead atoms. The van der Waals surface area contributed by atoms with Crippen LogP contribution in [0.3, 0.4) is 0 Å². The van der Waals surface area contributed by atoms with E-state index in [-0.39, 0.29) is 11.6 Å². The van der Waals surface area contributed by atoms with Crippen LogP contribution in [-0.4, -0.2) is 52.2 Å². The van der Waals surface area contributed by atoms with Crippen LogP contribution in [0.5, 0.6) is 11.6 Å². The van der Waals surface area contributed by atoms with Gasteiger partial charge in [-0.3, -0.25) is 4.90 Å². The van der Waals surface area contributed by atoms with Gasteiger partial charge in [-0.2, -0.15) is 5.10 Å². The van der Waals surface area contributed by atoms with E-state index in [4.69, 9.17) is 9.47 Å². The Kier molecular flexibility index (Phi) is 7.97. The molecule has 1 unspecified atom stereocenters. The maximum Gasteiger partial charge on any atom is 0.227 e. The van der Waals surface area contributed by atoms with Gasteiger partial charge < -0.3 is 14.6 Å². The molecule has 1 heterocycles. The number of nitrogens with zero attached hydrogens (tertiary/aromatic N) is 3. The second-order valence-electron chi connectivity index (χ2n) is 8.08. The van der Waals surface area contributed by atoms with E-state index in [1.807, 2.05) is 11.8 Å². The van der Waals surface area contributed by atoms with E-state index < -0.39 is 5.60 Å². The highest BCUT2D eigenvalue weighted by Gasteiger charge is 2.25. The molecule has 0 aliphatic rings. The Balaban J connectivity index is 2.03. The summed E-state index contributed by atoms with van der Waals surface area (Å²) in [6, 6.07) is 11.6. The Labute approximate surface area is 192 Å². The molecule has 3 aromatic rings. The van der Waals surface area contributed by atoms with Crippen LogP contribution < -0.4 is 4.74 Å². The summed E-state index contributed by atoms with van der Waals surface area (Å²) < 4.78 is 39.9. The topological polar surface area (TPSA) is 59.8 Å². The number of benzene rings is 2. The lowest BCUT2D eigenvalue weighted by Gasteiger charge is -2.29. The van der Waals surface area contributed by atoms with Gasteiger partial charge in [-0.25, -0.2) is 13.5 Å². The quantitative estimate of drug-likeness (QED) is 0.425. The molecule has 1 aromatic heterocycles. The Bertz CT molecular complexity index is 1060. The second-order valence-corrected chi connectivity index (χ2v) is 8.08. The first-order chi connectivity index (χ1) is 15.7. The Morgan fingerprint density at radius 3 is 2.30 bits per heavy atom. The van der Waals surface area contributed by atoms with Gasteiger partial charge in [0.05, 0.1) is 29.2 Å². The summed E-state index contributed by atoms with van der Waals surface area (Å²) >= 11 is 0. The second kappa shape index (κ2) is 10.7. The molecule has 0 aliphatic heterocycles. The van der Waals surface area contributed by atoms with Crippen LogP contribution >= 0.6 is 0 Å². The van der Waals surface area contributed by atoms with Gasteiger partial charge in [-0.15, -0.1) is 6.58 Å². The first-order valence-electron chi connectivity index (χ1n) is 10.6. The van der Waals surface area contributed by atoms with Crippen molar-refractivity contribution in [1.82, 2.24) is 14.7 Å². The molecule has 0 spiro atoms. The lowest BCUT2D eigenvalue weighted by Crippen LogP contribution is -2.40. The number of methoxy groups -OCH3 is 1. The van der Waals surface area contributed by atoms with E-state index in [0.29, 0.717) is 49.3 Å². The molecule has 176 valence electrons. The molecule has 6 nitrogen and oxygen atoms in total. The minimum Gasteiger partial charge on any atom is -0.439 e. The summed E-state index contributed by atoms with van der Waals surface area (Å²) in [4.78, 5) is 2.02. The average molecular weight is 458 g/mol.